The van der Waals surface area contributed by atoms with Gasteiger partial charge in [0.2, 0.25) is 0 Å². The van der Waals surface area contributed by atoms with Crippen molar-refractivity contribution < 1.29 is 5.11 Å². The first kappa shape index (κ1) is 19.1. The van der Waals surface area contributed by atoms with Gasteiger partial charge in [-0.2, -0.15) is 0 Å². The third kappa shape index (κ3) is 5.39. The summed E-state index contributed by atoms with van der Waals surface area (Å²) in [4.78, 5) is 1.28. The third-order valence-corrected chi connectivity index (χ3v) is 5.94. The van der Waals surface area contributed by atoms with Gasteiger partial charge in [-0.1, -0.05) is 62.2 Å². The van der Waals surface area contributed by atoms with Crippen LogP contribution >= 0.6 is 11.8 Å². The second kappa shape index (κ2) is 9.84. The second-order valence-corrected chi connectivity index (χ2v) is 7.99. The SMILES string of the molecule is CCC=Cc1cc(SCc2ccccc2)ccc1NC1CCCC[C@@H]1O. The molecule has 1 aliphatic carbocycles. The summed E-state index contributed by atoms with van der Waals surface area (Å²) >= 11 is 1.87. The zero-order valence-corrected chi connectivity index (χ0v) is 16.3. The molecule has 2 aromatic carbocycles. The zero-order valence-electron chi connectivity index (χ0n) is 15.5. The van der Waals surface area contributed by atoms with Gasteiger partial charge in [-0.25, -0.2) is 0 Å². The molecule has 2 aromatic rings. The van der Waals surface area contributed by atoms with Gasteiger partial charge >= 0.3 is 0 Å². The molecule has 1 saturated carbocycles. The van der Waals surface area contributed by atoms with Crippen molar-refractivity contribution in [2.45, 2.75) is 61.8 Å². The monoisotopic (exact) mass is 367 g/mol. The molecule has 2 atom stereocenters. The summed E-state index contributed by atoms with van der Waals surface area (Å²) in [6.07, 6.45) is 9.46. The number of hydrogen-bond acceptors (Lipinski definition) is 3. The van der Waals surface area contributed by atoms with E-state index < -0.39 is 0 Å². The maximum absolute atomic E-state index is 10.3. The molecular formula is C23H29NOS. The number of nitrogens with one attached hydrogen (secondary N) is 1. The number of hydrogen-bond donors (Lipinski definition) is 2. The van der Waals surface area contributed by atoms with Crippen molar-refractivity contribution in [3.05, 3.63) is 65.7 Å². The highest BCUT2D eigenvalue weighted by molar-refractivity contribution is 7.98. The van der Waals surface area contributed by atoms with Crippen LogP contribution in [0.4, 0.5) is 5.69 Å². The Balaban J connectivity index is 1.73. The highest BCUT2D eigenvalue weighted by Crippen LogP contribution is 2.30. The molecule has 0 aromatic heterocycles. The zero-order chi connectivity index (χ0) is 18.2. The summed E-state index contributed by atoms with van der Waals surface area (Å²) < 4.78 is 0. The standard InChI is InChI=1S/C23H29NOS/c1-2-3-11-19-16-20(26-17-18-9-5-4-6-10-18)14-15-21(19)24-22-12-7-8-13-23(22)25/h3-6,9-11,14-16,22-25H,2,7-8,12-13,17H2,1H3/t22?,23-/m0/s1. The van der Waals surface area contributed by atoms with Gasteiger partial charge in [-0.3, -0.25) is 0 Å². The fourth-order valence-corrected chi connectivity index (χ4v) is 4.27. The molecule has 1 aliphatic rings. The smallest absolute Gasteiger partial charge is 0.0741 e. The van der Waals surface area contributed by atoms with E-state index in [0.29, 0.717) is 0 Å². The van der Waals surface area contributed by atoms with Crippen LogP contribution < -0.4 is 5.32 Å². The Morgan fingerprint density at radius 3 is 2.69 bits per heavy atom. The molecule has 1 fully saturated rings. The molecule has 0 saturated heterocycles. The van der Waals surface area contributed by atoms with E-state index in [1.165, 1.54) is 22.4 Å². The van der Waals surface area contributed by atoms with Gasteiger partial charge in [0.1, 0.15) is 0 Å². The van der Waals surface area contributed by atoms with E-state index in [0.717, 1.165) is 37.1 Å². The average molecular weight is 368 g/mol. The van der Waals surface area contributed by atoms with Crippen LogP contribution in [-0.4, -0.2) is 17.3 Å². The average Bonchev–Trinajstić information content (AvgIpc) is 2.68. The first-order valence-electron chi connectivity index (χ1n) is 9.68. The molecule has 26 heavy (non-hydrogen) atoms. The van der Waals surface area contributed by atoms with Gasteiger partial charge in [0, 0.05) is 16.3 Å². The van der Waals surface area contributed by atoms with Crippen LogP contribution in [-0.2, 0) is 5.75 Å². The van der Waals surface area contributed by atoms with Crippen LogP contribution in [0.3, 0.4) is 0 Å². The van der Waals surface area contributed by atoms with Gasteiger partial charge in [0.05, 0.1) is 12.1 Å². The van der Waals surface area contributed by atoms with Crippen LogP contribution in [0.15, 0.2) is 59.5 Å². The van der Waals surface area contributed by atoms with Crippen molar-refractivity contribution in [3.8, 4) is 0 Å². The van der Waals surface area contributed by atoms with Gasteiger partial charge in [-0.05, 0) is 48.6 Å². The third-order valence-electron chi connectivity index (χ3n) is 4.87. The minimum absolute atomic E-state index is 0.167. The molecule has 0 aliphatic heterocycles. The summed E-state index contributed by atoms with van der Waals surface area (Å²) in [6.45, 7) is 2.16. The number of aliphatic hydroxyl groups is 1. The Morgan fingerprint density at radius 1 is 1.12 bits per heavy atom. The number of aliphatic hydroxyl groups excluding tert-OH is 1. The Bertz CT molecular complexity index is 713. The lowest BCUT2D eigenvalue weighted by Gasteiger charge is -2.30. The lowest BCUT2D eigenvalue weighted by atomic mass is 9.92. The maximum atomic E-state index is 10.3. The van der Waals surface area contributed by atoms with Gasteiger partial charge in [-0.15, -0.1) is 11.8 Å². The highest BCUT2D eigenvalue weighted by atomic mass is 32.2. The van der Waals surface area contributed by atoms with E-state index in [1.807, 2.05) is 11.8 Å². The topological polar surface area (TPSA) is 32.3 Å². The molecule has 0 amide bonds. The maximum Gasteiger partial charge on any atom is 0.0741 e. The molecule has 2 N–H and O–H groups in total. The van der Waals surface area contributed by atoms with Crippen LogP contribution in [0.25, 0.3) is 6.08 Å². The van der Waals surface area contributed by atoms with E-state index in [-0.39, 0.29) is 12.1 Å². The molecule has 2 nitrogen and oxygen atoms in total. The van der Waals surface area contributed by atoms with Crippen LogP contribution in [0.5, 0.6) is 0 Å². The minimum atomic E-state index is -0.237. The molecule has 0 bridgehead atoms. The van der Waals surface area contributed by atoms with Gasteiger partial charge in [0.25, 0.3) is 0 Å². The van der Waals surface area contributed by atoms with E-state index in [2.05, 4.69) is 72.9 Å². The van der Waals surface area contributed by atoms with E-state index in [4.69, 9.17) is 0 Å². The van der Waals surface area contributed by atoms with Crippen molar-refractivity contribution in [3.63, 3.8) is 0 Å². The molecule has 3 rings (SSSR count). The quantitative estimate of drug-likeness (QED) is 0.578. The summed E-state index contributed by atoms with van der Waals surface area (Å²) in [7, 11) is 0. The number of thioether (sulfide) groups is 1. The van der Waals surface area contributed by atoms with Crippen molar-refractivity contribution >= 4 is 23.5 Å². The van der Waals surface area contributed by atoms with E-state index in [1.54, 1.807) is 0 Å². The van der Waals surface area contributed by atoms with Gasteiger partial charge in [0.15, 0.2) is 0 Å². The fourth-order valence-electron chi connectivity index (χ4n) is 3.37. The lowest BCUT2D eigenvalue weighted by molar-refractivity contribution is 0.116. The minimum Gasteiger partial charge on any atom is -0.391 e. The number of anilines is 1. The lowest BCUT2D eigenvalue weighted by Crippen LogP contribution is -2.36. The number of allylic oxidation sites excluding steroid dienone is 1. The van der Waals surface area contributed by atoms with Crippen LogP contribution in [0, 0.1) is 0 Å². The summed E-state index contributed by atoms with van der Waals surface area (Å²) in [5.74, 6) is 0.978. The Morgan fingerprint density at radius 2 is 1.92 bits per heavy atom. The van der Waals surface area contributed by atoms with Crippen molar-refractivity contribution in [1.82, 2.24) is 0 Å². The summed E-state index contributed by atoms with van der Waals surface area (Å²) in [5, 5.41) is 13.9. The molecule has 3 heteroatoms. The Kier molecular flexibility index (Phi) is 7.22. The summed E-state index contributed by atoms with van der Waals surface area (Å²) in [6, 6.07) is 17.4. The first-order valence-corrected chi connectivity index (χ1v) is 10.7. The number of rotatable bonds is 7. The Hall–Kier alpha value is -1.71. The predicted molar refractivity (Wildman–Crippen MR) is 114 cm³/mol. The van der Waals surface area contributed by atoms with Gasteiger partial charge < -0.3 is 10.4 Å². The van der Waals surface area contributed by atoms with Crippen LogP contribution in [0.2, 0.25) is 0 Å². The predicted octanol–water partition coefficient (Wildman–Crippen LogP) is 6.12. The number of benzene rings is 2. The largest absolute Gasteiger partial charge is 0.391 e. The van der Waals surface area contributed by atoms with Crippen molar-refractivity contribution in [2.75, 3.05) is 5.32 Å². The normalized spacial score (nSPS) is 20.4. The molecular weight excluding hydrogens is 338 g/mol. The molecule has 0 spiro atoms. The van der Waals surface area contributed by atoms with E-state index in [9.17, 15) is 5.11 Å². The fraction of sp³-hybridized carbons (Fsp3) is 0.391. The van der Waals surface area contributed by atoms with Crippen molar-refractivity contribution in [1.29, 1.82) is 0 Å². The molecule has 0 heterocycles. The van der Waals surface area contributed by atoms with E-state index >= 15 is 0 Å². The Labute approximate surface area is 161 Å². The van der Waals surface area contributed by atoms with Crippen molar-refractivity contribution in [2.24, 2.45) is 0 Å². The first-order chi connectivity index (χ1) is 12.8. The van der Waals surface area contributed by atoms with Crippen LogP contribution in [0.1, 0.15) is 50.2 Å². The summed E-state index contributed by atoms with van der Waals surface area (Å²) in [5.41, 5.74) is 3.68. The molecule has 0 radical (unpaired) electrons. The molecule has 138 valence electrons. The second-order valence-electron chi connectivity index (χ2n) is 6.94. The highest BCUT2D eigenvalue weighted by Gasteiger charge is 2.23. The molecule has 1 unspecified atom stereocenters.